The summed E-state index contributed by atoms with van der Waals surface area (Å²) in [5.41, 5.74) is 7.21. The summed E-state index contributed by atoms with van der Waals surface area (Å²) in [7, 11) is 2.03. The van der Waals surface area contributed by atoms with Crippen molar-refractivity contribution in [3.63, 3.8) is 0 Å². The molecule has 2 N–H and O–H groups in total. The molecule has 0 spiro atoms. The number of benzene rings is 1. The zero-order valence-electron chi connectivity index (χ0n) is 11.1. The molecule has 1 aromatic carbocycles. The van der Waals surface area contributed by atoms with Crippen LogP contribution in [0.25, 0.3) is 0 Å². The first kappa shape index (κ1) is 11.8. The van der Waals surface area contributed by atoms with Crippen molar-refractivity contribution in [2.75, 3.05) is 0 Å². The van der Waals surface area contributed by atoms with Crippen LogP contribution in [0.1, 0.15) is 29.3 Å². The van der Waals surface area contributed by atoms with E-state index in [0.29, 0.717) is 5.75 Å². The maximum Gasteiger partial charge on any atom is 0.124 e. The SMILES string of the molecule is Cc1ccc(O)c(C2=NNC(c3cccn3C)C2)c1. The fraction of sp³-hybridized carbons (Fsp3) is 0.267. The molecule has 1 aromatic heterocycles. The van der Waals surface area contributed by atoms with Gasteiger partial charge in [0.05, 0.1) is 11.8 Å². The highest BCUT2D eigenvalue weighted by atomic mass is 16.3. The number of hydrazone groups is 1. The van der Waals surface area contributed by atoms with Gasteiger partial charge in [0.1, 0.15) is 5.75 Å². The molecule has 4 heteroatoms. The van der Waals surface area contributed by atoms with Crippen LogP contribution in [0.2, 0.25) is 0 Å². The van der Waals surface area contributed by atoms with Crippen LogP contribution in [-0.4, -0.2) is 15.4 Å². The molecule has 0 bridgehead atoms. The van der Waals surface area contributed by atoms with Gasteiger partial charge in [-0.2, -0.15) is 5.10 Å². The van der Waals surface area contributed by atoms with Gasteiger partial charge in [-0.1, -0.05) is 11.6 Å². The molecular weight excluding hydrogens is 238 g/mol. The van der Waals surface area contributed by atoms with Crippen molar-refractivity contribution in [3.8, 4) is 5.75 Å². The molecule has 1 aliphatic rings. The second kappa shape index (κ2) is 4.46. The molecule has 3 rings (SSSR count). The standard InChI is InChI=1S/C15H17N3O/c1-10-5-6-15(19)11(8-10)12-9-13(17-16-12)14-4-3-7-18(14)2/h3-8,13,17,19H,9H2,1-2H3. The Balaban J connectivity index is 1.86. The van der Waals surface area contributed by atoms with Gasteiger partial charge < -0.3 is 15.1 Å². The van der Waals surface area contributed by atoms with Crippen LogP contribution in [0.5, 0.6) is 5.75 Å². The average Bonchev–Trinajstić information content (AvgIpc) is 3.00. The molecule has 0 amide bonds. The highest BCUT2D eigenvalue weighted by molar-refractivity contribution is 6.04. The monoisotopic (exact) mass is 255 g/mol. The smallest absolute Gasteiger partial charge is 0.124 e. The third-order valence-corrected chi connectivity index (χ3v) is 3.56. The van der Waals surface area contributed by atoms with Gasteiger partial charge in [-0.05, 0) is 31.2 Å². The number of phenols is 1. The summed E-state index contributed by atoms with van der Waals surface area (Å²) in [6, 6.07) is 9.89. The van der Waals surface area contributed by atoms with Gasteiger partial charge in [-0.3, -0.25) is 0 Å². The van der Waals surface area contributed by atoms with E-state index in [4.69, 9.17) is 0 Å². The summed E-state index contributed by atoms with van der Waals surface area (Å²) >= 11 is 0. The van der Waals surface area contributed by atoms with Crippen molar-refractivity contribution in [3.05, 3.63) is 53.3 Å². The fourth-order valence-corrected chi connectivity index (χ4v) is 2.50. The lowest BCUT2D eigenvalue weighted by Gasteiger charge is -2.11. The van der Waals surface area contributed by atoms with Gasteiger partial charge >= 0.3 is 0 Å². The Bertz CT molecular complexity index is 643. The van der Waals surface area contributed by atoms with Gasteiger partial charge in [0, 0.05) is 30.9 Å². The zero-order valence-corrected chi connectivity index (χ0v) is 11.1. The maximum atomic E-state index is 9.95. The minimum atomic E-state index is 0.176. The van der Waals surface area contributed by atoms with Crippen molar-refractivity contribution < 1.29 is 5.11 Å². The van der Waals surface area contributed by atoms with Gasteiger partial charge in [0.15, 0.2) is 0 Å². The topological polar surface area (TPSA) is 49.6 Å². The number of phenolic OH excluding ortho intramolecular Hbond substituents is 1. The Hall–Kier alpha value is -2.23. The lowest BCUT2D eigenvalue weighted by Crippen LogP contribution is -2.13. The molecule has 98 valence electrons. The first-order chi connectivity index (χ1) is 9.15. The minimum Gasteiger partial charge on any atom is -0.507 e. The fourth-order valence-electron chi connectivity index (χ4n) is 2.50. The number of aromatic nitrogens is 1. The largest absolute Gasteiger partial charge is 0.507 e. The molecule has 0 saturated carbocycles. The van der Waals surface area contributed by atoms with Crippen LogP contribution in [-0.2, 0) is 7.05 Å². The highest BCUT2D eigenvalue weighted by Gasteiger charge is 2.24. The Morgan fingerprint density at radius 1 is 1.37 bits per heavy atom. The van der Waals surface area contributed by atoms with E-state index in [1.54, 1.807) is 6.07 Å². The lowest BCUT2D eigenvalue weighted by molar-refractivity contribution is 0.474. The Labute approximate surface area is 112 Å². The molecule has 0 aliphatic carbocycles. The van der Waals surface area contributed by atoms with E-state index >= 15 is 0 Å². The summed E-state index contributed by atoms with van der Waals surface area (Å²) < 4.78 is 2.09. The molecule has 0 fully saturated rings. The van der Waals surface area contributed by atoms with E-state index in [-0.39, 0.29) is 6.04 Å². The first-order valence-corrected chi connectivity index (χ1v) is 6.38. The minimum absolute atomic E-state index is 0.176. The number of aromatic hydroxyl groups is 1. The number of rotatable bonds is 2. The van der Waals surface area contributed by atoms with E-state index in [2.05, 4.69) is 21.2 Å². The zero-order chi connectivity index (χ0) is 13.4. The number of hydrogen-bond donors (Lipinski definition) is 2. The van der Waals surface area contributed by atoms with Crippen LogP contribution >= 0.6 is 0 Å². The number of aryl methyl sites for hydroxylation is 2. The molecule has 19 heavy (non-hydrogen) atoms. The normalized spacial score (nSPS) is 18.2. The van der Waals surface area contributed by atoms with Crippen molar-refractivity contribution in [2.24, 2.45) is 12.1 Å². The number of hydrogen-bond acceptors (Lipinski definition) is 3. The predicted octanol–water partition coefficient (Wildman–Crippen LogP) is 2.48. The third-order valence-electron chi connectivity index (χ3n) is 3.56. The summed E-state index contributed by atoms with van der Waals surface area (Å²) in [6.45, 7) is 2.01. The molecule has 1 unspecified atom stereocenters. The van der Waals surface area contributed by atoms with E-state index in [1.807, 2.05) is 38.4 Å². The molecule has 0 radical (unpaired) electrons. The molecule has 4 nitrogen and oxygen atoms in total. The summed E-state index contributed by atoms with van der Waals surface area (Å²) in [5, 5.41) is 14.3. The molecule has 1 aliphatic heterocycles. The Morgan fingerprint density at radius 2 is 2.21 bits per heavy atom. The van der Waals surface area contributed by atoms with Crippen molar-refractivity contribution in [2.45, 2.75) is 19.4 Å². The van der Waals surface area contributed by atoms with E-state index < -0.39 is 0 Å². The second-order valence-electron chi connectivity index (χ2n) is 5.01. The van der Waals surface area contributed by atoms with Crippen LogP contribution in [0.15, 0.2) is 41.6 Å². The van der Waals surface area contributed by atoms with E-state index in [9.17, 15) is 5.11 Å². The lowest BCUT2D eigenvalue weighted by atomic mass is 10.0. The highest BCUT2D eigenvalue weighted by Crippen LogP contribution is 2.28. The van der Waals surface area contributed by atoms with Crippen LogP contribution in [0.4, 0.5) is 0 Å². The average molecular weight is 255 g/mol. The predicted molar refractivity (Wildman–Crippen MR) is 75.3 cm³/mol. The Kier molecular flexibility index (Phi) is 2.78. The van der Waals surface area contributed by atoms with Gasteiger partial charge in [0.2, 0.25) is 0 Å². The summed E-state index contributed by atoms with van der Waals surface area (Å²) in [4.78, 5) is 0. The first-order valence-electron chi connectivity index (χ1n) is 6.38. The number of nitrogens with one attached hydrogen (secondary N) is 1. The molecule has 2 heterocycles. The van der Waals surface area contributed by atoms with Gasteiger partial charge in [-0.25, -0.2) is 0 Å². The van der Waals surface area contributed by atoms with Crippen molar-refractivity contribution in [1.29, 1.82) is 0 Å². The van der Waals surface area contributed by atoms with Gasteiger partial charge in [-0.15, -0.1) is 0 Å². The molecule has 2 aromatic rings. The quantitative estimate of drug-likeness (QED) is 0.866. The van der Waals surface area contributed by atoms with E-state index in [0.717, 1.165) is 23.3 Å². The summed E-state index contributed by atoms with van der Waals surface area (Å²) in [5.74, 6) is 0.290. The summed E-state index contributed by atoms with van der Waals surface area (Å²) in [6.07, 6.45) is 2.81. The van der Waals surface area contributed by atoms with Gasteiger partial charge in [0.25, 0.3) is 0 Å². The van der Waals surface area contributed by atoms with Crippen molar-refractivity contribution >= 4 is 5.71 Å². The van der Waals surface area contributed by atoms with Crippen molar-refractivity contribution in [1.82, 2.24) is 9.99 Å². The molecule has 0 saturated heterocycles. The molecule has 1 atom stereocenters. The van der Waals surface area contributed by atoms with Crippen LogP contribution in [0, 0.1) is 6.92 Å². The van der Waals surface area contributed by atoms with E-state index in [1.165, 1.54) is 5.69 Å². The van der Waals surface area contributed by atoms with Crippen LogP contribution in [0.3, 0.4) is 0 Å². The third kappa shape index (κ3) is 2.10. The maximum absolute atomic E-state index is 9.95. The van der Waals surface area contributed by atoms with Crippen LogP contribution < -0.4 is 5.43 Å². The molecular formula is C15H17N3O. The Morgan fingerprint density at radius 3 is 2.95 bits per heavy atom. The second-order valence-corrected chi connectivity index (χ2v) is 5.01. The number of nitrogens with zero attached hydrogens (tertiary/aromatic N) is 2.